The maximum Gasteiger partial charge on any atom is 0.254 e. The maximum atomic E-state index is 13.7. The van der Waals surface area contributed by atoms with Gasteiger partial charge in [-0.2, -0.15) is 0 Å². The minimum absolute atomic E-state index is 0.0468. The molecule has 0 aliphatic carbocycles. The molecule has 172 valence electrons. The van der Waals surface area contributed by atoms with Crippen LogP contribution in [0.1, 0.15) is 46.3 Å². The van der Waals surface area contributed by atoms with Gasteiger partial charge in [-0.3, -0.25) is 9.59 Å². The highest BCUT2D eigenvalue weighted by molar-refractivity contribution is 6.02. The van der Waals surface area contributed by atoms with E-state index in [-0.39, 0.29) is 17.9 Å². The van der Waals surface area contributed by atoms with E-state index in [1.807, 2.05) is 54.7 Å². The summed E-state index contributed by atoms with van der Waals surface area (Å²) >= 11 is 0. The summed E-state index contributed by atoms with van der Waals surface area (Å²) in [6.45, 7) is 1.99. The topological polar surface area (TPSA) is 83.7 Å². The number of hydrogen-bond donors (Lipinski definition) is 2. The van der Waals surface area contributed by atoms with E-state index in [1.54, 1.807) is 12.0 Å². The van der Waals surface area contributed by atoms with Crippen molar-refractivity contribution < 1.29 is 19.1 Å². The van der Waals surface area contributed by atoms with Gasteiger partial charge in [0.05, 0.1) is 24.7 Å². The number of carbonyl (C=O) groups excluding carboxylic acids is 2. The molecule has 1 fully saturated rings. The molecule has 3 heterocycles. The van der Waals surface area contributed by atoms with E-state index in [0.29, 0.717) is 25.3 Å². The van der Waals surface area contributed by atoms with Crippen LogP contribution in [0.15, 0.2) is 54.7 Å². The number of benzene rings is 2. The molecule has 7 nitrogen and oxygen atoms in total. The van der Waals surface area contributed by atoms with Crippen LogP contribution < -0.4 is 5.32 Å². The van der Waals surface area contributed by atoms with Crippen molar-refractivity contribution in [1.82, 2.24) is 15.2 Å². The number of para-hydroxylation sites is 1. The SMILES string of the molecule is COCCN1C(=O)c2ccccc2C(C(=O)NCC2CCCO2)C1c1c[nH]c2ccccc12. The first-order chi connectivity index (χ1) is 16.2. The Hall–Kier alpha value is -3.16. The fraction of sp³-hybridized carbons (Fsp3) is 0.385. The number of hydrogen-bond acceptors (Lipinski definition) is 4. The Bertz CT molecular complexity index is 1150. The van der Waals surface area contributed by atoms with E-state index >= 15 is 0 Å². The van der Waals surface area contributed by atoms with Gasteiger partial charge in [0.25, 0.3) is 5.91 Å². The van der Waals surface area contributed by atoms with Gasteiger partial charge < -0.3 is 24.7 Å². The minimum Gasteiger partial charge on any atom is -0.383 e. The largest absolute Gasteiger partial charge is 0.383 e. The average Bonchev–Trinajstić information content (AvgIpc) is 3.52. The smallest absolute Gasteiger partial charge is 0.254 e. The number of amides is 2. The molecule has 3 aromatic rings. The van der Waals surface area contributed by atoms with Crippen LogP contribution in [0.5, 0.6) is 0 Å². The van der Waals surface area contributed by atoms with Gasteiger partial charge in [-0.15, -0.1) is 0 Å². The van der Waals surface area contributed by atoms with Crippen LogP contribution in [-0.2, 0) is 14.3 Å². The molecule has 0 bridgehead atoms. The lowest BCUT2D eigenvalue weighted by Crippen LogP contribution is -2.49. The third kappa shape index (κ3) is 4.03. The van der Waals surface area contributed by atoms with E-state index in [1.165, 1.54) is 0 Å². The average molecular weight is 448 g/mol. The zero-order chi connectivity index (χ0) is 22.8. The van der Waals surface area contributed by atoms with Gasteiger partial charge in [-0.25, -0.2) is 0 Å². The molecule has 0 radical (unpaired) electrons. The summed E-state index contributed by atoms with van der Waals surface area (Å²) in [5.41, 5.74) is 3.24. The van der Waals surface area contributed by atoms with Crippen LogP contribution in [0.4, 0.5) is 0 Å². The predicted octanol–water partition coefficient (Wildman–Crippen LogP) is 3.39. The first-order valence-electron chi connectivity index (χ1n) is 11.5. The number of nitrogens with zero attached hydrogens (tertiary/aromatic N) is 1. The molecule has 3 unspecified atom stereocenters. The maximum absolute atomic E-state index is 13.7. The predicted molar refractivity (Wildman–Crippen MR) is 125 cm³/mol. The summed E-state index contributed by atoms with van der Waals surface area (Å²) in [6, 6.07) is 15.0. The van der Waals surface area contributed by atoms with E-state index < -0.39 is 12.0 Å². The molecule has 2 N–H and O–H groups in total. The lowest BCUT2D eigenvalue weighted by Gasteiger charge is -2.41. The van der Waals surface area contributed by atoms with Gasteiger partial charge in [0, 0.05) is 55.0 Å². The number of carbonyl (C=O) groups is 2. The van der Waals surface area contributed by atoms with Crippen LogP contribution in [0, 0.1) is 0 Å². The molecular formula is C26H29N3O4. The Morgan fingerprint density at radius 1 is 1.18 bits per heavy atom. The molecule has 1 aromatic heterocycles. The summed E-state index contributed by atoms with van der Waals surface area (Å²) in [7, 11) is 1.62. The molecule has 0 spiro atoms. The number of aromatic nitrogens is 1. The Labute approximate surface area is 193 Å². The fourth-order valence-corrected chi connectivity index (χ4v) is 5.12. The van der Waals surface area contributed by atoms with Crippen molar-refractivity contribution in [2.75, 3.05) is 33.4 Å². The second-order valence-corrected chi connectivity index (χ2v) is 8.67. The third-order valence-corrected chi connectivity index (χ3v) is 6.73. The van der Waals surface area contributed by atoms with Crippen LogP contribution in [-0.4, -0.2) is 61.2 Å². The Morgan fingerprint density at radius 2 is 2.00 bits per heavy atom. The Morgan fingerprint density at radius 3 is 2.82 bits per heavy atom. The van der Waals surface area contributed by atoms with Crippen LogP contribution in [0.25, 0.3) is 10.9 Å². The molecule has 2 aliphatic rings. The van der Waals surface area contributed by atoms with Gasteiger partial charge in [-0.1, -0.05) is 36.4 Å². The zero-order valence-electron chi connectivity index (χ0n) is 18.8. The molecule has 7 heteroatoms. The molecule has 3 atom stereocenters. The molecule has 0 saturated carbocycles. The van der Waals surface area contributed by atoms with Crippen molar-refractivity contribution in [1.29, 1.82) is 0 Å². The minimum atomic E-state index is -0.545. The first kappa shape index (κ1) is 21.7. The highest BCUT2D eigenvalue weighted by atomic mass is 16.5. The standard InChI is InChI=1S/C26H29N3O4/c1-32-14-12-29-24(21-16-27-22-11-5-4-8-18(21)22)23(19-9-2-3-10-20(19)26(29)31)25(30)28-15-17-7-6-13-33-17/h2-5,8-11,16-17,23-24,27H,6-7,12-15H2,1H3,(H,28,30). The van der Waals surface area contributed by atoms with Crippen molar-refractivity contribution in [3.63, 3.8) is 0 Å². The molecule has 33 heavy (non-hydrogen) atoms. The summed E-state index contributed by atoms with van der Waals surface area (Å²) in [4.78, 5) is 32.5. The van der Waals surface area contributed by atoms with E-state index in [0.717, 1.165) is 41.5 Å². The molecular weight excluding hydrogens is 418 g/mol. The van der Waals surface area contributed by atoms with Gasteiger partial charge in [0.15, 0.2) is 0 Å². The summed E-state index contributed by atoms with van der Waals surface area (Å²) in [5, 5.41) is 4.13. The summed E-state index contributed by atoms with van der Waals surface area (Å²) in [5.74, 6) is -0.722. The van der Waals surface area contributed by atoms with E-state index in [2.05, 4.69) is 10.3 Å². The van der Waals surface area contributed by atoms with Crippen molar-refractivity contribution in [3.8, 4) is 0 Å². The number of H-pyrrole nitrogens is 1. The van der Waals surface area contributed by atoms with Crippen LogP contribution in [0.3, 0.4) is 0 Å². The molecule has 2 aromatic carbocycles. The monoisotopic (exact) mass is 447 g/mol. The number of methoxy groups -OCH3 is 1. The zero-order valence-corrected chi connectivity index (χ0v) is 18.8. The third-order valence-electron chi connectivity index (χ3n) is 6.73. The van der Waals surface area contributed by atoms with Crippen molar-refractivity contribution in [2.24, 2.45) is 0 Å². The van der Waals surface area contributed by atoms with Crippen molar-refractivity contribution in [2.45, 2.75) is 30.9 Å². The molecule has 2 amide bonds. The molecule has 1 saturated heterocycles. The number of nitrogens with one attached hydrogen (secondary N) is 2. The van der Waals surface area contributed by atoms with Gasteiger partial charge >= 0.3 is 0 Å². The van der Waals surface area contributed by atoms with Crippen LogP contribution in [0.2, 0.25) is 0 Å². The highest BCUT2D eigenvalue weighted by Gasteiger charge is 2.44. The second-order valence-electron chi connectivity index (χ2n) is 8.67. The fourth-order valence-electron chi connectivity index (χ4n) is 5.12. The Kier molecular flexibility index (Phi) is 6.15. The van der Waals surface area contributed by atoms with E-state index in [4.69, 9.17) is 9.47 Å². The van der Waals surface area contributed by atoms with Gasteiger partial charge in [0.1, 0.15) is 0 Å². The van der Waals surface area contributed by atoms with Gasteiger partial charge in [0.2, 0.25) is 5.91 Å². The number of ether oxygens (including phenoxy) is 2. The van der Waals surface area contributed by atoms with Crippen molar-refractivity contribution in [3.05, 3.63) is 71.4 Å². The van der Waals surface area contributed by atoms with Crippen LogP contribution >= 0.6 is 0 Å². The normalized spacial score (nSPS) is 22.5. The molecule has 5 rings (SSSR count). The quantitative estimate of drug-likeness (QED) is 0.582. The number of rotatable bonds is 7. The number of aromatic amines is 1. The van der Waals surface area contributed by atoms with E-state index in [9.17, 15) is 9.59 Å². The van der Waals surface area contributed by atoms with Crippen molar-refractivity contribution >= 4 is 22.7 Å². The second kappa shape index (κ2) is 9.37. The number of fused-ring (bicyclic) bond motifs is 2. The lowest BCUT2D eigenvalue weighted by molar-refractivity contribution is -0.124. The molecule has 2 aliphatic heterocycles. The Balaban J connectivity index is 1.60. The first-order valence-corrected chi connectivity index (χ1v) is 11.5. The van der Waals surface area contributed by atoms with Gasteiger partial charge in [-0.05, 0) is 30.5 Å². The summed E-state index contributed by atoms with van der Waals surface area (Å²) in [6.07, 6.45) is 3.94. The summed E-state index contributed by atoms with van der Waals surface area (Å²) < 4.78 is 11.0. The lowest BCUT2D eigenvalue weighted by atomic mass is 9.79. The highest BCUT2D eigenvalue weighted by Crippen LogP contribution is 2.44.